The summed E-state index contributed by atoms with van der Waals surface area (Å²) in [6.07, 6.45) is 3.32. The molecule has 1 atom stereocenters. The number of nitrogens with one attached hydrogen (secondary N) is 3. The summed E-state index contributed by atoms with van der Waals surface area (Å²) >= 11 is 0. The van der Waals surface area contributed by atoms with Crippen molar-refractivity contribution < 1.29 is 8.42 Å². The first-order valence-electron chi connectivity index (χ1n) is 10.5. The molecule has 0 aliphatic carbocycles. The zero-order chi connectivity index (χ0) is 22.9. The number of aliphatic imine (C=N–C) groups is 1. The first-order chi connectivity index (χ1) is 15.2. The van der Waals surface area contributed by atoms with Gasteiger partial charge in [-0.25, -0.2) is 13.4 Å². The molecular formula is C23H28N6O2S. The summed E-state index contributed by atoms with van der Waals surface area (Å²) in [4.78, 5) is 6.50. The van der Waals surface area contributed by atoms with Gasteiger partial charge >= 0.3 is 0 Å². The van der Waals surface area contributed by atoms with Gasteiger partial charge < -0.3 is 15.5 Å². The number of benzene rings is 2. The van der Waals surface area contributed by atoms with E-state index in [0.29, 0.717) is 0 Å². The first kappa shape index (κ1) is 21.9. The molecule has 0 radical (unpaired) electrons. The SMILES string of the molecule is Cc1[nH]nc2cc(NC3=CC=NC(Nc4cccc(CS(=O)(=O)C(C)C)c4)N3C)ccc12. The van der Waals surface area contributed by atoms with Crippen LogP contribution in [0.5, 0.6) is 0 Å². The van der Waals surface area contributed by atoms with Gasteiger partial charge in [0, 0.05) is 35.7 Å². The molecule has 1 aliphatic heterocycles. The summed E-state index contributed by atoms with van der Waals surface area (Å²) in [6, 6.07) is 13.5. The van der Waals surface area contributed by atoms with E-state index in [1.807, 2.05) is 67.4 Å². The zero-order valence-electron chi connectivity index (χ0n) is 18.6. The molecule has 3 aromatic rings. The number of rotatable bonds is 7. The van der Waals surface area contributed by atoms with Crippen LogP contribution in [0, 0.1) is 6.92 Å². The number of hydrogen-bond donors (Lipinski definition) is 3. The van der Waals surface area contributed by atoms with Crippen molar-refractivity contribution in [2.45, 2.75) is 38.1 Å². The summed E-state index contributed by atoms with van der Waals surface area (Å²) in [7, 11) is -1.22. The molecule has 0 amide bonds. The van der Waals surface area contributed by atoms with Crippen molar-refractivity contribution in [2.75, 3.05) is 17.7 Å². The van der Waals surface area contributed by atoms with Crippen molar-refractivity contribution in [3.05, 3.63) is 65.6 Å². The van der Waals surface area contributed by atoms with Gasteiger partial charge in [-0.2, -0.15) is 5.10 Å². The highest BCUT2D eigenvalue weighted by Crippen LogP contribution is 2.23. The van der Waals surface area contributed by atoms with E-state index < -0.39 is 15.1 Å². The van der Waals surface area contributed by atoms with Gasteiger partial charge in [0.25, 0.3) is 0 Å². The maximum atomic E-state index is 12.3. The van der Waals surface area contributed by atoms with Crippen LogP contribution in [0.4, 0.5) is 11.4 Å². The molecule has 9 heteroatoms. The Bertz CT molecular complexity index is 1290. The Hall–Kier alpha value is -3.33. The third-order valence-corrected chi connectivity index (χ3v) is 7.71. The van der Waals surface area contributed by atoms with Gasteiger partial charge in [0.05, 0.1) is 16.5 Å². The molecule has 2 aromatic carbocycles. The fraction of sp³-hybridized carbons (Fsp3) is 0.304. The van der Waals surface area contributed by atoms with Crippen LogP contribution >= 0.6 is 0 Å². The zero-order valence-corrected chi connectivity index (χ0v) is 19.4. The Morgan fingerprint density at radius 3 is 2.75 bits per heavy atom. The maximum Gasteiger partial charge on any atom is 0.197 e. The first-order valence-corrected chi connectivity index (χ1v) is 12.2. The van der Waals surface area contributed by atoms with Crippen LogP contribution < -0.4 is 10.6 Å². The van der Waals surface area contributed by atoms with Gasteiger partial charge in [-0.15, -0.1) is 0 Å². The molecule has 1 aromatic heterocycles. The Morgan fingerprint density at radius 2 is 1.97 bits per heavy atom. The molecule has 8 nitrogen and oxygen atoms in total. The lowest BCUT2D eigenvalue weighted by Crippen LogP contribution is -2.40. The second-order valence-electron chi connectivity index (χ2n) is 8.24. The fourth-order valence-electron chi connectivity index (χ4n) is 3.48. The van der Waals surface area contributed by atoms with Gasteiger partial charge in [0.1, 0.15) is 5.82 Å². The van der Waals surface area contributed by atoms with E-state index in [0.717, 1.165) is 39.4 Å². The van der Waals surface area contributed by atoms with Crippen LogP contribution in [0.25, 0.3) is 10.9 Å². The monoisotopic (exact) mass is 452 g/mol. The Kier molecular flexibility index (Phi) is 5.92. The quantitative estimate of drug-likeness (QED) is 0.503. The Balaban J connectivity index is 1.46. The van der Waals surface area contributed by atoms with E-state index >= 15 is 0 Å². The van der Waals surface area contributed by atoms with Crippen molar-refractivity contribution in [1.82, 2.24) is 15.1 Å². The lowest BCUT2D eigenvalue weighted by atomic mass is 10.2. The van der Waals surface area contributed by atoms with Gasteiger partial charge in [-0.1, -0.05) is 12.1 Å². The highest BCUT2D eigenvalue weighted by atomic mass is 32.2. The van der Waals surface area contributed by atoms with Gasteiger partial charge in [0.2, 0.25) is 0 Å². The molecule has 0 fully saturated rings. The number of aromatic amines is 1. The van der Waals surface area contributed by atoms with E-state index in [2.05, 4.69) is 25.8 Å². The van der Waals surface area contributed by atoms with Crippen molar-refractivity contribution in [3.63, 3.8) is 0 Å². The van der Waals surface area contributed by atoms with Crippen molar-refractivity contribution in [2.24, 2.45) is 4.99 Å². The molecule has 0 saturated carbocycles. The summed E-state index contributed by atoms with van der Waals surface area (Å²) in [5.41, 5.74) is 4.44. The lowest BCUT2D eigenvalue weighted by molar-refractivity contribution is 0.342. The molecule has 1 aliphatic rings. The number of aromatic nitrogens is 2. The number of allylic oxidation sites excluding steroid dienone is 1. The Labute approximate surface area is 188 Å². The molecule has 3 N–H and O–H groups in total. The number of aryl methyl sites for hydroxylation is 1. The minimum atomic E-state index is -3.16. The van der Waals surface area contributed by atoms with Crippen LogP contribution in [0.3, 0.4) is 0 Å². The molecule has 32 heavy (non-hydrogen) atoms. The average Bonchev–Trinajstić information content (AvgIpc) is 3.11. The highest BCUT2D eigenvalue weighted by Gasteiger charge is 2.20. The number of anilines is 2. The number of hydrogen-bond acceptors (Lipinski definition) is 7. The van der Waals surface area contributed by atoms with Crippen LogP contribution in [0.1, 0.15) is 25.1 Å². The third-order valence-electron chi connectivity index (χ3n) is 5.53. The van der Waals surface area contributed by atoms with Crippen LogP contribution in [0.2, 0.25) is 0 Å². The average molecular weight is 453 g/mol. The largest absolute Gasteiger partial charge is 0.347 e. The summed E-state index contributed by atoms with van der Waals surface area (Å²) in [5.74, 6) is 0.897. The molecule has 0 saturated heterocycles. The topological polar surface area (TPSA) is 102 Å². The van der Waals surface area contributed by atoms with Gasteiger partial charge in [0.15, 0.2) is 16.1 Å². The molecular weight excluding hydrogens is 424 g/mol. The minimum Gasteiger partial charge on any atom is -0.347 e. The molecule has 0 bridgehead atoms. The van der Waals surface area contributed by atoms with E-state index in [4.69, 9.17) is 0 Å². The smallest absolute Gasteiger partial charge is 0.197 e. The van der Waals surface area contributed by atoms with Crippen molar-refractivity contribution in [1.29, 1.82) is 0 Å². The van der Waals surface area contributed by atoms with Crippen LogP contribution in [-0.4, -0.2) is 48.3 Å². The van der Waals surface area contributed by atoms with E-state index in [1.54, 1.807) is 20.1 Å². The van der Waals surface area contributed by atoms with Crippen molar-refractivity contribution >= 4 is 38.3 Å². The molecule has 2 heterocycles. The van der Waals surface area contributed by atoms with Crippen molar-refractivity contribution in [3.8, 4) is 0 Å². The number of H-pyrrole nitrogens is 1. The Morgan fingerprint density at radius 1 is 1.16 bits per heavy atom. The highest BCUT2D eigenvalue weighted by molar-refractivity contribution is 7.91. The van der Waals surface area contributed by atoms with E-state index in [-0.39, 0.29) is 12.0 Å². The minimum absolute atomic E-state index is 0.0197. The number of sulfone groups is 1. The molecule has 1 unspecified atom stereocenters. The van der Waals surface area contributed by atoms with E-state index in [9.17, 15) is 8.42 Å². The predicted octanol–water partition coefficient (Wildman–Crippen LogP) is 3.86. The molecule has 168 valence electrons. The second kappa shape index (κ2) is 8.66. The summed E-state index contributed by atoms with van der Waals surface area (Å²) in [5, 5.41) is 14.8. The molecule has 0 spiro atoms. The second-order valence-corrected chi connectivity index (χ2v) is 10.8. The van der Waals surface area contributed by atoms with Crippen LogP contribution in [-0.2, 0) is 15.6 Å². The number of nitrogens with zero attached hydrogens (tertiary/aromatic N) is 3. The number of fused-ring (bicyclic) bond motifs is 1. The van der Waals surface area contributed by atoms with Gasteiger partial charge in [-0.3, -0.25) is 5.10 Å². The molecule has 4 rings (SSSR count). The normalized spacial score (nSPS) is 16.5. The standard InChI is InChI=1S/C23H28N6O2S/c1-15(2)32(30,31)14-17-6-5-7-18(12-17)26-23-24-11-10-22(29(23)4)25-19-8-9-20-16(3)27-28-21(20)13-19/h5-13,15,23,25-26H,14H2,1-4H3,(H,27,28). The summed E-state index contributed by atoms with van der Waals surface area (Å²) < 4.78 is 24.6. The van der Waals surface area contributed by atoms with Crippen LogP contribution in [0.15, 0.2) is 59.4 Å². The van der Waals surface area contributed by atoms with E-state index in [1.165, 1.54) is 0 Å². The fourth-order valence-corrected chi connectivity index (χ4v) is 4.46. The lowest BCUT2D eigenvalue weighted by Gasteiger charge is -2.32. The van der Waals surface area contributed by atoms with Gasteiger partial charge in [-0.05, 0) is 62.7 Å². The maximum absolute atomic E-state index is 12.3. The third kappa shape index (κ3) is 4.62. The summed E-state index contributed by atoms with van der Waals surface area (Å²) in [6.45, 7) is 5.41. The predicted molar refractivity (Wildman–Crippen MR) is 130 cm³/mol.